The Labute approximate surface area is 590 Å². The molecule has 0 amide bonds. The molecule has 2 atom stereocenters. The molecule has 0 radical (unpaired) electrons. The number of unbranched alkanes of at least 4 members (excludes halogenated alkanes) is 53. The van der Waals surface area contributed by atoms with Crippen LogP contribution in [0.5, 0.6) is 0 Å². The summed E-state index contributed by atoms with van der Waals surface area (Å²) in [6.07, 6.45) is 99.6. The van der Waals surface area contributed by atoms with E-state index in [-0.39, 0.29) is 38.2 Å². The first kappa shape index (κ1) is 92.0. The number of rotatable bonds is 78. The molecule has 0 fully saturated rings. The zero-order chi connectivity index (χ0) is 69.0. The summed E-state index contributed by atoms with van der Waals surface area (Å²) in [6.45, 7) is 4.92. The number of carboxylic acids is 1. The summed E-state index contributed by atoms with van der Waals surface area (Å²) in [4.78, 5) is 37.8. The molecular weight excluding hydrogens is 1170 g/mol. The van der Waals surface area contributed by atoms with Gasteiger partial charge < -0.3 is 28.5 Å². The molecule has 0 aliphatic rings. The molecule has 0 aliphatic carbocycles. The molecule has 0 aromatic rings. The van der Waals surface area contributed by atoms with Crippen molar-refractivity contribution >= 4 is 17.9 Å². The Morgan fingerprint density at radius 1 is 0.316 bits per heavy atom. The Morgan fingerprint density at radius 3 is 0.842 bits per heavy atom. The first-order valence-electron chi connectivity index (χ1n) is 41.5. The highest BCUT2D eigenvalue weighted by atomic mass is 16.7. The van der Waals surface area contributed by atoms with Crippen LogP contribution in [0.4, 0.5) is 0 Å². The summed E-state index contributed by atoms with van der Waals surface area (Å²) in [5.74, 6) is -1.97. The Bertz CT molecular complexity index is 1750. The molecule has 0 aromatic carbocycles. The Morgan fingerprint density at radius 2 is 0.568 bits per heavy atom. The smallest absolute Gasteiger partial charge is 0.361 e. The molecule has 0 spiro atoms. The van der Waals surface area contributed by atoms with Crippen LogP contribution >= 0.6 is 0 Å². The number of carbonyl (C=O) groups excluding carboxylic acids is 2. The lowest BCUT2D eigenvalue weighted by Gasteiger charge is -2.25. The Balaban J connectivity index is 3.96. The van der Waals surface area contributed by atoms with Gasteiger partial charge in [0.1, 0.15) is 13.2 Å². The summed E-state index contributed by atoms with van der Waals surface area (Å²) in [5, 5.41) is 9.78. The van der Waals surface area contributed by atoms with E-state index >= 15 is 0 Å². The number of carboxylic acid groups (broad SMARTS) is 1. The molecule has 0 saturated heterocycles. The minimum atomic E-state index is -1.51. The third kappa shape index (κ3) is 78.2. The van der Waals surface area contributed by atoms with Crippen molar-refractivity contribution < 1.29 is 42.9 Å². The number of nitrogens with zero attached hydrogens (tertiary/aromatic N) is 1. The maximum Gasteiger partial charge on any atom is 0.361 e. The maximum atomic E-state index is 13.0. The van der Waals surface area contributed by atoms with Crippen LogP contribution in [0.15, 0.2) is 60.8 Å². The van der Waals surface area contributed by atoms with Crippen molar-refractivity contribution in [3.63, 3.8) is 0 Å². The van der Waals surface area contributed by atoms with Gasteiger partial charge in [-0.25, -0.2) is 4.79 Å². The highest BCUT2D eigenvalue weighted by Gasteiger charge is 2.25. The molecule has 2 unspecified atom stereocenters. The van der Waals surface area contributed by atoms with Gasteiger partial charge in [-0.05, 0) is 83.5 Å². The number of aliphatic carboxylic acids is 1. The molecule has 95 heavy (non-hydrogen) atoms. The van der Waals surface area contributed by atoms with Crippen LogP contribution in [-0.4, -0.2) is 87.4 Å². The normalized spacial score (nSPS) is 12.9. The number of likely N-dealkylation sites (N-methyl/N-ethyl adjacent to an activating group) is 1. The fourth-order valence-corrected chi connectivity index (χ4v) is 12.4. The fourth-order valence-electron chi connectivity index (χ4n) is 12.4. The molecule has 0 rings (SSSR count). The van der Waals surface area contributed by atoms with Crippen molar-refractivity contribution in [2.75, 3.05) is 47.5 Å². The molecule has 0 saturated carbocycles. The average molecular weight is 1340 g/mol. The number of carbonyl (C=O) groups is 3. The monoisotopic (exact) mass is 1340 g/mol. The zero-order valence-electron chi connectivity index (χ0n) is 63.8. The molecule has 9 heteroatoms. The molecular formula is C86H160NO8+. The molecule has 0 aliphatic heterocycles. The van der Waals surface area contributed by atoms with Crippen molar-refractivity contribution in [2.45, 2.75) is 424 Å². The highest BCUT2D eigenvalue weighted by Crippen LogP contribution is 2.20. The van der Waals surface area contributed by atoms with Gasteiger partial charge in [0.25, 0.3) is 6.29 Å². The third-order valence-corrected chi connectivity index (χ3v) is 18.7. The Kier molecular flexibility index (Phi) is 74.3. The van der Waals surface area contributed by atoms with E-state index in [1.807, 2.05) is 21.1 Å². The van der Waals surface area contributed by atoms with Gasteiger partial charge in [0, 0.05) is 12.8 Å². The van der Waals surface area contributed by atoms with Crippen molar-refractivity contribution in [3.05, 3.63) is 60.8 Å². The second-order valence-corrected chi connectivity index (χ2v) is 29.4. The number of allylic oxidation sites excluding steroid dienone is 10. The number of hydrogen-bond donors (Lipinski definition) is 1. The van der Waals surface area contributed by atoms with Crippen LogP contribution in [0.2, 0.25) is 0 Å². The van der Waals surface area contributed by atoms with Crippen LogP contribution in [0.25, 0.3) is 0 Å². The number of esters is 2. The van der Waals surface area contributed by atoms with Crippen molar-refractivity contribution in [1.29, 1.82) is 0 Å². The van der Waals surface area contributed by atoms with Crippen molar-refractivity contribution in [1.82, 2.24) is 0 Å². The second-order valence-electron chi connectivity index (χ2n) is 29.4. The zero-order valence-corrected chi connectivity index (χ0v) is 63.8. The molecule has 0 aromatic heterocycles. The van der Waals surface area contributed by atoms with Crippen molar-refractivity contribution in [3.8, 4) is 0 Å². The topological polar surface area (TPSA) is 108 Å². The van der Waals surface area contributed by atoms with Crippen LogP contribution in [0.3, 0.4) is 0 Å². The standard InChI is InChI=1S/C86H159NO8/c1-6-8-10-12-14-16-18-20-22-24-26-28-30-32-34-36-38-40-41-42-43-45-46-48-50-52-54-56-58-60-62-64-66-68-70-72-74-76-83(88)93-80-82(81-94-86(85(90)91)92-79-78-87(3,4)5)95-84(89)77-75-73-71-69-67-65-63-61-59-57-55-53-51-49-47-44-39-37-35-33-31-29-27-25-23-21-19-17-15-13-11-9-7-2/h18-21,24-27,31,33,82,86H,6-17,22-23,28-30,32,34-81H2,1-5H3/p+1/b20-18-,21-19-,26-24-,27-25-,33-31-. The van der Waals surface area contributed by atoms with Crippen molar-refractivity contribution in [2.24, 2.45) is 0 Å². The van der Waals surface area contributed by atoms with Gasteiger partial charge in [-0.3, -0.25) is 9.59 Å². The highest BCUT2D eigenvalue weighted by molar-refractivity contribution is 5.71. The van der Waals surface area contributed by atoms with Crippen LogP contribution in [0, 0.1) is 0 Å². The predicted octanol–water partition coefficient (Wildman–Crippen LogP) is 26.6. The van der Waals surface area contributed by atoms with E-state index in [2.05, 4.69) is 74.6 Å². The minimum absolute atomic E-state index is 0.177. The van der Waals surface area contributed by atoms with Gasteiger partial charge in [-0.15, -0.1) is 0 Å². The van der Waals surface area contributed by atoms with Gasteiger partial charge in [0.05, 0.1) is 34.4 Å². The summed E-state index contributed by atoms with van der Waals surface area (Å²) < 4.78 is 23.1. The molecule has 0 heterocycles. The van der Waals surface area contributed by atoms with Gasteiger partial charge in [0.2, 0.25) is 0 Å². The first-order valence-corrected chi connectivity index (χ1v) is 41.5. The SMILES string of the molecule is CCCCCCC/C=C\C/C=C\C/C=C\CCCCCCCCCCCCCCCCCCCCC(=O)OC(COC(=O)CCCCCCCCCCCCCCCCCCCCCCCCCCC/C=C\C/C=C\CCCCCCC)COC(OCC[N+](C)(C)C)C(=O)O. The molecule has 556 valence electrons. The first-order chi connectivity index (χ1) is 46.6. The summed E-state index contributed by atoms with van der Waals surface area (Å²) in [5.41, 5.74) is 0. The maximum absolute atomic E-state index is 13.0. The largest absolute Gasteiger partial charge is 0.477 e. The second kappa shape index (κ2) is 76.7. The van der Waals surface area contributed by atoms with E-state index in [1.54, 1.807) is 0 Å². The van der Waals surface area contributed by atoms with E-state index in [9.17, 15) is 19.5 Å². The molecule has 9 nitrogen and oxygen atoms in total. The van der Waals surface area contributed by atoms with E-state index in [0.29, 0.717) is 17.4 Å². The van der Waals surface area contributed by atoms with Gasteiger partial charge in [-0.2, -0.15) is 0 Å². The molecule has 1 N–H and O–H groups in total. The van der Waals surface area contributed by atoms with Gasteiger partial charge >= 0.3 is 17.9 Å². The van der Waals surface area contributed by atoms with E-state index < -0.39 is 18.4 Å². The van der Waals surface area contributed by atoms with E-state index in [4.69, 9.17) is 18.9 Å². The lowest BCUT2D eigenvalue weighted by Crippen LogP contribution is -2.40. The fraction of sp³-hybridized carbons (Fsp3) is 0.849. The third-order valence-electron chi connectivity index (χ3n) is 18.7. The summed E-state index contributed by atoms with van der Waals surface area (Å²) in [6, 6.07) is 0. The number of quaternary nitrogens is 1. The minimum Gasteiger partial charge on any atom is -0.477 e. The van der Waals surface area contributed by atoms with Crippen LogP contribution in [0.1, 0.15) is 412 Å². The number of hydrogen-bond acceptors (Lipinski definition) is 7. The quantitative estimate of drug-likeness (QED) is 0.0211. The lowest BCUT2D eigenvalue weighted by molar-refractivity contribution is -0.870. The average Bonchev–Trinajstić information content (AvgIpc) is 3.75. The summed E-state index contributed by atoms with van der Waals surface area (Å²) >= 11 is 0. The van der Waals surface area contributed by atoms with Crippen LogP contribution in [-0.2, 0) is 33.3 Å². The van der Waals surface area contributed by atoms with Crippen LogP contribution < -0.4 is 0 Å². The van der Waals surface area contributed by atoms with E-state index in [0.717, 1.165) is 57.8 Å². The van der Waals surface area contributed by atoms with Gasteiger partial charge in [-0.1, -0.05) is 376 Å². The lowest BCUT2D eigenvalue weighted by atomic mass is 10.0. The number of ether oxygens (including phenoxy) is 4. The van der Waals surface area contributed by atoms with Gasteiger partial charge in [0.15, 0.2) is 6.10 Å². The van der Waals surface area contributed by atoms with E-state index in [1.165, 1.54) is 327 Å². The molecule has 0 bridgehead atoms. The predicted molar refractivity (Wildman–Crippen MR) is 410 cm³/mol. The summed E-state index contributed by atoms with van der Waals surface area (Å²) in [7, 11) is 6.00. The Hall–Kier alpha value is -3.01.